The normalized spacial score (nSPS) is 12.8. The largest absolute Gasteiger partial charge is 0.477 e. The third-order valence-electron chi connectivity index (χ3n) is 5.69. The second kappa shape index (κ2) is 10.2. The third-order valence-corrected chi connectivity index (χ3v) is 6.84. The van der Waals surface area contributed by atoms with Crippen molar-refractivity contribution in [2.24, 2.45) is 5.18 Å². The van der Waals surface area contributed by atoms with E-state index < -0.39 is 23.7 Å². The highest BCUT2D eigenvalue weighted by atomic mass is 35.5. The summed E-state index contributed by atoms with van der Waals surface area (Å²) in [4.78, 5) is 27.4. The number of rotatable bonds is 8. The quantitative estimate of drug-likeness (QED) is 0.255. The Hall–Kier alpha value is -3.42. The number of halogens is 2. The van der Waals surface area contributed by atoms with E-state index in [2.05, 4.69) is 10.2 Å². The Morgan fingerprint density at radius 1 is 1.09 bits per heavy atom. The molecule has 4 rings (SSSR count). The van der Waals surface area contributed by atoms with Crippen molar-refractivity contribution in [1.29, 1.82) is 0 Å². The Balaban J connectivity index is 1.71. The Morgan fingerprint density at radius 2 is 1.85 bits per heavy atom. The molecule has 0 radical (unpaired) electrons. The lowest BCUT2D eigenvalue weighted by molar-refractivity contribution is 0.0702. The van der Waals surface area contributed by atoms with Crippen molar-refractivity contribution < 1.29 is 14.3 Å². The molecule has 4 aromatic rings. The molecule has 0 saturated carbocycles. The fourth-order valence-electron chi connectivity index (χ4n) is 3.97. The van der Waals surface area contributed by atoms with Gasteiger partial charge in [0.15, 0.2) is 0 Å². The molecular formula is C26H20ClFN2O3S. The van der Waals surface area contributed by atoms with Crippen LogP contribution in [0.3, 0.4) is 0 Å². The molecule has 2 atom stereocenters. The maximum absolute atomic E-state index is 15.0. The van der Waals surface area contributed by atoms with Crippen molar-refractivity contribution in [1.82, 2.24) is 4.98 Å². The molecule has 34 heavy (non-hydrogen) atoms. The van der Waals surface area contributed by atoms with Gasteiger partial charge in [0.1, 0.15) is 16.7 Å². The van der Waals surface area contributed by atoms with Crippen LogP contribution in [0.4, 0.5) is 4.39 Å². The van der Waals surface area contributed by atoms with Crippen LogP contribution in [0.2, 0.25) is 5.02 Å². The number of hydrogen-bond acceptors (Lipinski definition) is 5. The molecule has 8 heteroatoms. The molecule has 0 bridgehead atoms. The standard InChI is InChI=1S/C26H20ClFN2O3S/c1-15-10-18(8-9-29-15)24(30-33)13-22(21-7-6-20(27)12-23(21)28)17-4-2-16(3-5-17)19-11-25(26(31)32)34-14-19/h2-12,14,22,24H,13H2,1H3,(H,31,32). The van der Waals surface area contributed by atoms with Gasteiger partial charge < -0.3 is 5.11 Å². The Bertz CT molecular complexity index is 1340. The van der Waals surface area contributed by atoms with Gasteiger partial charge in [0.05, 0.1) is 0 Å². The van der Waals surface area contributed by atoms with Crippen molar-refractivity contribution in [3.05, 3.63) is 115 Å². The first-order chi connectivity index (χ1) is 16.4. The molecular weight excluding hydrogens is 475 g/mol. The maximum atomic E-state index is 15.0. The minimum atomic E-state index is -0.968. The average molecular weight is 495 g/mol. The molecule has 2 aromatic carbocycles. The zero-order valence-electron chi connectivity index (χ0n) is 18.1. The van der Waals surface area contributed by atoms with Crippen molar-refractivity contribution in [2.45, 2.75) is 25.3 Å². The lowest BCUT2D eigenvalue weighted by atomic mass is 9.83. The smallest absolute Gasteiger partial charge is 0.345 e. The van der Waals surface area contributed by atoms with Crippen molar-refractivity contribution in [3.8, 4) is 11.1 Å². The predicted octanol–water partition coefficient (Wildman–Crippen LogP) is 7.64. The van der Waals surface area contributed by atoms with Crippen molar-refractivity contribution >= 4 is 28.9 Å². The first kappa shape index (κ1) is 23.7. The summed E-state index contributed by atoms with van der Waals surface area (Å²) in [7, 11) is 0. The second-order valence-electron chi connectivity index (χ2n) is 7.93. The number of pyridine rings is 1. The van der Waals surface area contributed by atoms with Gasteiger partial charge in [-0.05, 0) is 76.9 Å². The van der Waals surface area contributed by atoms with Gasteiger partial charge in [-0.3, -0.25) is 4.98 Å². The van der Waals surface area contributed by atoms with Crippen LogP contribution in [-0.4, -0.2) is 16.1 Å². The Labute approximate surface area is 204 Å². The molecule has 5 nitrogen and oxygen atoms in total. The van der Waals surface area contributed by atoms with Crippen LogP contribution in [0, 0.1) is 17.6 Å². The fraction of sp³-hybridized carbons (Fsp3) is 0.154. The first-order valence-electron chi connectivity index (χ1n) is 10.5. The lowest BCUT2D eigenvalue weighted by Crippen LogP contribution is -2.09. The van der Waals surface area contributed by atoms with Gasteiger partial charge in [0.2, 0.25) is 0 Å². The molecule has 0 amide bonds. The van der Waals surface area contributed by atoms with Crippen LogP contribution in [0.15, 0.2) is 77.4 Å². The number of aryl methyl sites for hydroxylation is 1. The summed E-state index contributed by atoms with van der Waals surface area (Å²) in [5.74, 6) is -1.88. The van der Waals surface area contributed by atoms with E-state index in [1.165, 1.54) is 6.07 Å². The molecule has 0 spiro atoms. The van der Waals surface area contributed by atoms with E-state index in [4.69, 9.17) is 11.6 Å². The number of benzene rings is 2. The van der Waals surface area contributed by atoms with E-state index in [0.29, 0.717) is 5.56 Å². The molecule has 1 N–H and O–H groups in total. The van der Waals surface area contributed by atoms with Crippen LogP contribution in [0.1, 0.15) is 50.4 Å². The van der Waals surface area contributed by atoms with Crippen LogP contribution in [-0.2, 0) is 0 Å². The SMILES string of the molecule is Cc1cc(C(CC(c2ccc(-c3csc(C(=O)O)c3)cc2)c2ccc(Cl)cc2F)N=O)ccn1. The molecule has 2 heterocycles. The molecule has 2 unspecified atom stereocenters. The highest BCUT2D eigenvalue weighted by Crippen LogP contribution is 2.38. The Kier molecular flexibility index (Phi) is 7.14. The summed E-state index contributed by atoms with van der Waals surface area (Å²) in [5, 5.41) is 14.6. The molecule has 0 aliphatic rings. The van der Waals surface area contributed by atoms with Crippen LogP contribution < -0.4 is 0 Å². The van der Waals surface area contributed by atoms with Crippen LogP contribution in [0.25, 0.3) is 11.1 Å². The molecule has 0 fully saturated rings. The summed E-state index contributed by atoms with van der Waals surface area (Å²) in [6.45, 7) is 1.83. The third kappa shape index (κ3) is 5.21. The van der Waals surface area contributed by atoms with Crippen LogP contribution >= 0.6 is 22.9 Å². The number of carboxylic acid groups (broad SMARTS) is 1. The number of carboxylic acids is 1. The van der Waals surface area contributed by atoms with Gasteiger partial charge in [-0.15, -0.1) is 11.3 Å². The fourth-order valence-corrected chi connectivity index (χ4v) is 4.89. The second-order valence-corrected chi connectivity index (χ2v) is 9.28. The van der Waals surface area contributed by atoms with E-state index in [1.807, 2.05) is 31.2 Å². The monoisotopic (exact) mass is 494 g/mol. The highest BCUT2D eigenvalue weighted by molar-refractivity contribution is 7.12. The van der Waals surface area contributed by atoms with E-state index in [-0.39, 0.29) is 16.3 Å². The highest BCUT2D eigenvalue weighted by Gasteiger charge is 2.25. The summed E-state index contributed by atoms with van der Waals surface area (Å²) < 4.78 is 15.0. The van der Waals surface area contributed by atoms with E-state index in [1.54, 1.807) is 41.9 Å². The molecule has 0 aliphatic carbocycles. The number of nitrogens with zero attached hydrogens (tertiary/aromatic N) is 2. The van der Waals surface area contributed by atoms with Gasteiger partial charge >= 0.3 is 5.97 Å². The van der Waals surface area contributed by atoms with Gasteiger partial charge in [0.25, 0.3) is 0 Å². The maximum Gasteiger partial charge on any atom is 0.345 e. The van der Waals surface area contributed by atoms with Crippen molar-refractivity contribution in [2.75, 3.05) is 0 Å². The summed E-state index contributed by atoms with van der Waals surface area (Å²) >= 11 is 7.13. The minimum Gasteiger partial charge on any atom is -0.477 e. The zero-order valence-corrected chi connectivity index (χ0v) is 19.7. The number of nitroso groups, excluding NO2 is 1. The van der Waals surface area contributed by atoms with Gasteiger partial charge in [-0.1, -0.05) is 47.1 Å². The van der Waals surface area contributed by atoms with E-state index in [9.17, 15) is 19.2 Å². The summed E-state index contributed by atoms with van der Waals surface area (Å²) in [6, 6.07) is 16.5. The average Bonchev–Trinajstić information content (AvgIpc) is 3.32. The molecule has 0 aliphatic heterocycles. The number of hydrogen-bond donors (Lipinski definition) is 1. The van der Waals surface area contributed by atoms with Gasteiger partial charge in [0, 0.05) is 22.8 Å². The minimum absolute atomic E-state index is 0.256. The van der Waals surface area contributed by atoms with Gasteiger partial charge in [-0.2, -0.15) is 4.91 Å². The van der Waals surface area contributed by atoms with Crippen LogP contribution in [0.5, 0.6) is 0 Å². The Morgan fingerprint density at radius 3 is 2.47 bits per heavy atom. The topological polar surface area (TPSA) is 79.6 Å². The van der Waals surface area contributed by atoms with E-state index >= 15 is 0 Å². The van der Waals surface area contributed by atoms with Crippen molar-refractivity contribution in [3.63, 3.8) is 0 Å². The lowest BCUT2D eigenvalue weighted by Gasteiger charge is -2.22. The molecule has 172 valence electrons. The number of aromatic nitrogens is 1. The van der Waals surface area contributed by atoms with E-state index in [0.717, 1.165) is 39.3 Å². The molecule has 0 saturated heterocycles. The number of carbonyl (C=O) groups is 1. The number of aromatic carboxylic acids is 1. The summed E-state index contributed by atoms with van der Waals surface area (Å²) in [6.07, 6.45) is 1.88. The molecule has 2 aromatic heterocycles. The number of thiophene rings is 1. The first-order valence-corrected chi connectivity index (χ1v) is 11.7. The zero-order chi connectivity index (χ0) is 24.2. The summed E-state index contributed by atoms with van der Waals surface area (Å²) in [5.41, 5.74) is 4.35. The van der Waals surface area contributed by atoms with Gasteiger partial charge in [-0.25, -0.2) is 9.18 Å². The predicted molar refractivity (Wildman–Crippen MR) is 132 cm³/mol.